The number of rotatable bonds is 2. The first-order valence-electron chi connectivity index (χ1n) is 5.69. The standard InChI is InChI=1S/C12H16FN3S/c1-14-12(17-2)9-5-6-10(15-11(9)13)16-7-3-4-8-16/h5-6H,3-4,7-8H2,1-2H3/b14-12-. The summed E-state index contributed by atoms with van der Waals surface area (Å²) in [5.41, 5.74) is 0.489. The molecule has 0 aliphatic carbocycles. The van der Waals surface area contributed by atoms with E-state index >= 15 is 0 Å². The summed E-state index contributed by atoms with van der Waals surface area (Å²) in [5, 5.41) is 0.683. The number of anilines is 1. The van der Waals surface area contributed by atoms with E-state index in [1.54, 1.807) is 13.1 Å². The Morgan fingerprint density at radius 2 is 2.12 bits per heavy atom. The Bertz CT molecular complexity index is 428. The summed E-state index contributed by atoms with van der Waals surface area (Å²) in [4.78, 5) is 10.2. The van der Waals surface area contributed by atoms with Crippen molar-refractivity contribution >= 4 is 22.6 Å². The Balaban J connectivity index is 2.28. The van der Waals surface area contributed by atoms with Crippen molar-refractivity contribution < 1.29 is 4.39 Å². The highest BCUT2D eigenvalue weighted by Crippen LogP contribution is 2.21. The van der Waals surface area contributed by atoms with Gasteiger partial charge in [-0.2, -0.15) is 4.39 Å². The molecule has 2 heterocycles. The van der Waals surface area contributed by atoms with Crippen LogP contribution in [0.2, 0.25) is 0 Å². The Morgan fingerprint density at radius 3 is 2.65 bits per heavy atom. The van der Waals surface area contributed by atoms with Gasteiger partial charge in [-0.05, 0) is 31.2 Å². The second-order valence-corrected chi connectivity index (χ2v) is 4.73. The molecule has 0 unspecified atom stereocenters. The van der Waals surface area contributed by atoms with Crippen molar-refractivity contribution in [2.45, 2.75) is 12.8 Å². The van der Waals surface area contributed by atoms with E-state index in [4.69, 9.17) is 0 Å². The Kier molecular flexibility index (Phi) is 3.99. The van der Waals surface area contributed by atoms with Crippen LogP contribution in [-0.4, -0.2) is 36.4 Å². The molecule has 3 nitrogen and oxygen atoms in total. The van der Waals surface area contributed by atoms with Crippen molar-refractivity contribution in [1.82, 2.24) is 4.98 Å². The number of thioether (sulfide) groups is 1. The van der Waals surface area contributed by atoms with Crippen LogP contribution in [0.25, 0.3) is 0 Å². The molecular weight excluding hydrogens is 237 g/mol. The zero-order valence-electron chi connectivity index (χ0n) is 10.1. The fraction of sp³-hybridized carbons (Fsp3) is 0.500. The highest BCUT2D eigenvalue weighted by atomic mass is 32.2. The van der Waals surface area contributed by atoms with E-state index < -0.39 is 5.95 Å². The first-order chi connectivity index (χ1) is 8.26. The molecule has 1 aromatic rings. The predicted molar refractivity (Wildman–Crippen MR) is 71.6 cm³/mol. The summed E-state index contributed by atoms with van der Waals surface area (Å²) < 4.78 is 13.9. The van der Waals surface area contributed by atoms with Gasteiger partial charge < -0.3 is 4.90 Å². The van der Waals surface area contributed by atoms with Crippen molar-refractivity contribution in [3.05, 3.63) is 23.6 Å². The van der Waals surface area contributed by atoms with Crippen molar-refractivity contribution in [2.24, 2.45) is 4.99 Å². The van der Waals surface area contributed by atoms with Gasteiger partial charge in [0.25, 0.3) is 0 Å². The molecule has 0 spiro atoms. The lowest BCUT2D eigenvalue weighted by Crippen LogP contribution is -2.19. The Morgan fingerprint density at radius 1 is 1.41 bits per heavy atom. The fourth-order valence-electron chi connectivity index (χ4n) is 2.03. The van der Waals surface area contributed by atoms with Crippen LogP contribution in [0.1, 0.15) is 18.4 Å². The van der Waals surface area contributed by atoms with Crippen LogP contribution < -0.4 is 4.90 Å². The third kappa shape index (κ3) is 2.60. The van der Waals surface area contributed by atoms with Gasteiger partial charge in [0.2, 0.25) is 5.95 Å². The molecule has 1 aliphatic heterocycles. The van der Waals surface area contributed by atoms with Crippen molar-refractivity contribution in [1.29, 1.82) is 0 Å². The van der Waals surface area contributed by atoms with Gasteiger partial charge >= 0.3 is 0 Å². The molecule has 5 heteroatoms. The molecule has 1 aromatic heterocycles. The van der Waals surface area contributed by atoms with Crippen molar-refractivity contribution in [2.75, 3.05) is 31.3 Å². The summed E-state index contributed by atoms with van der Waals surface area (Å²) in [5.74, 6) is 0.310. The van der Waals surface area contributed by atoms with Crippen LogP contribution in [0, 0.1) is 5.95 Å². The molecule has 0 atom stereocenters. The topological polar surface area (TPSA) is 28.5 Å². The molecule has 17 heavy (non-hydrogen) atoms. The third-order valence-electron chi connectivity index (χ3n) is 2.89. The Labute approximate surface area is 105 Å². The van der Waals surface area contributed by atoms with E-state index in [9.17, 15) is 4.39 Å². The number of halogens is 1. The zero-order chi connectivity index (χ0) is 12.3. The maximum absolute atomic E-state index is 13.9. The van der Waals surface area contributed by atoms with Gasteiger partial charge in [-0.3, -0.25) is 4.99 Å². The van der Waals surface area contributed by atoms with Crippen LogP contribution >= 0.6 is 11.8 Å². The average molecular weight is 253 g/mol. The van der Waals surface area contributed by atoms with E-state index in [2.05, 4.69) is 14.9 Å². The van der Waals surface area contributed by atoms with Gasteiger partial charge in [-0.25, -0.2) is 4.98 Å². The Hall–Kier alpha value is -1.10. The predicted octanol–water partition coefficient (Wildman–Crippen LogP) is 2.56. The first kappa shape index (κ1) is 12.4. The maximum Gasteiger partial charge on any atom is 0.224 e. The van der Waals surface area contributed by atoms with Gasteiger partial charge in [0.15, 0.2) is 0 Å². The quantitative estimate of drug-likeness (QED) is 0.461. The molecular formula is C12H16FN3S. The van der Waals surface area contributed by atoms with Gasteiger partial charge in [-0.1, -0.05) is 0 Å². The SMILES string of the molecule is C/N=C(\SC)c1ccc(N2CCCC2)nc1F. The van der Waals surface area contributed by atoms with Crippen LogP contribution in [0.4, 0.5) is 10.2 Å². The van der Waals surface area contributed by atoms with E-state index in [1.807, 2.05) is 12.3 Å². The number of aliphatic imine (C=N–C) groups is 1. The molecule has 0 bridgehead atoms. The largest absolute Gasteiger partial charge is 0.357 e. The van der Waals surface area contributed by atoms with Crippen LogP contribution in [0.3, 0.4) is 0 Å². The second-order valence-electron chi connectivity index (χ2n) is 3.93. The lowest BCUT2D eigenvalue weighted by Gasteiger charge is -2.16. The summed E-state index contributed by atoms with van der Waals surface area (Å²) in [6.07, 6.45) is 4.21. The molecule has 1 aliphatic rings. The number of hydrogen-bond donors (Lipinski definition) is 0. The van der Waals surface area contributed by atoms with Gasteiger partial charge in [0, 0.05) is 20.1 Å². The van der Waals surface area contributed by atoms with Gasteiger partial charge in [0.05, 0.1) is 5.56 Å². The number of pyridine rings is 1. The van der Waals surface area contributed by atoms with Crippen LogP contribution in [0.5, 0.6) is 0 Å². The van der Waals surface area contributed by atoms with E-state index in [-0.39, 0.29) is 0 Å². The van der Waals surface area contributed by atoms with E-state index in [0.29, 0.717) is 10.6 Å². The zero-order valence-corrected chi connectivity index (χ0v) is 10.9. The number of nitrogens with zero attached hydrogens (tertiary/aromatic N) is 3. The molecule has 0 N–H and O–H groups in total. The van der Waals surface area contributed by atoms with Crippen molar-refractivity contribution in [3.8, 4) is 0 Å². The summed E-state index contributed by atoms with van der Waals surface area (Å²) in [6, 6.07) is 3.65. The van der Waals surface area contributed by atoms with Crippen LogP contribution in [-0.2, 0) is 0 Å². The minimum absolute atomic E-state index is 0.427. The maximum atomic E-state index is 13.9. The summed E-state index contributed by atoms with van der Waals surface area (Å²) >= 11 is 1.43. The highest BCUT2D eigenvalue weighted by Gasteiger charge is 2.16. The molecule has 0 saturated carbocycles. The van der Waals surface area contributed by atoms with E-state index in [0.717, 1.165) is 31.7 Å². The summed E-state index contributed by atoms with van der Waals surface area (Å²) in [7, 11) is 1.67. The smallest absolute Gasteiger partial charge is 0.224 e. The van der Waals surface area contributed by atoms with Gasteiger partial charge in [-0.15, -0.1) is 11.8 Å². The number of hydrogen-bond acceptors (Lipinski definition) is 4. The monoisotopic (exact) mass is 253 g/mol. The normalized spacial score (nSPS) is 16.6. The highest BCUT2D eigenvalue weighted by molar-refractivity contribution is 8.13. The summed E-state index contributed by atoms with van der Waals surface area (Å²) in [6.45, 7) is 1.95. The molecule has 1 saturated heterocycles. The van der Waals surface area contributed by atoms with E-state index in [1.165, 1.54) is 11.8 Å². The average Bonchev–Trinajstić information content (AvgIpc) is 2.86. The third-order valence-corrected chi connectivity index (χ3v) is 3.68. The molecule has 0 radical (unpaired) electrons. The lowest BCUT2D eigenvalue weighted by molar-refractivity contribution is 0.580. The first-order valence-corrected chi connectivity index (χ1v) is 6.91. The second kappa shape index (κ2) is 5.49. The number of aromatic nitrogens is 1. The molecule has 92 valence electrons. The minimum atomic E-state index is -0.427. The van der Waals surface area contributed by atoms with Crippen molar-refractivity contribution in [3.63, 3.8) is 0 Å². The fourth-order valence-corrected chi connectivity index (χ4v) is 2.58. The van der Waals surface area contributed by atoms with Gasteiger partial charge in [0.1, 0.15) is 10.9 Å². The molecule has 2 rings (SSSR count). The molecule has 0 aromatic carbocycles. The molecule has 1 fully saturated rings. The lowest BCUT2D eigenvalue weighted by atomic mass is 10.3. The van der Waals surface area contributed by atoms with Crippen LogP contribution in [0.15, 0.2) is 17.1 Å². The molecule has 0 amide bonds. The minimum Gasteiger partial charge on any atom is -0.357 e.